The summed E-state index contributed by atoms with van der Waals surface area (Å²) in [4.78, 5) is 2.59. The van der Waals surface area contributed by atoms with Crippen LogP contribution in [0.1, 0.15) is 31.2 Å². The van der Waals surface area contributed by atoms with E-state index < -0.39 is 0 Å². The largest absolute Gasteiger partial charge is 0.315 e. The monoisotopic (exact) mass is 273 g/mol. The molecule has 2 fully saturated rings. The van der Waals surface area contributed by atoms with E-state index in [1.165, 1.54) is 50.9 Å². The van der Waals surface area contributed by atoms with Crippen molar-refractivity contribution in [3.63, 3.8) is 0 Å². The Labute approximate surface area is 122 Å². The van der Waals surface area contributed by atoms with Crippen LogP contribution in [0.25, 0.3) is 0 Å². The fourth-order valence-electron chi connectivity index (χ4n) is 3.43. The first-order chi connectivity index (χ1) is 9.90. The Bertz CT molecular complexity index is 378. The van der Waals surface area contributed by atoms with Crippen molar-refractivity contribution in [2.45, 2.75) is 44.3 Å². The van der Waals surface area contributed by atoms with Crippen LogP contribution in [0.2, 0.25) is 0 Å². The Balaban J connectivity index is 1.40. The zero-order chi connectivity index (χ0) is 13.6. The summed E-state index contributed by atoms with van der Waals surface area (Å²) >= 11 is 0. The van der Waals surface area contributed by atoms with Gasteiger partial charge in [0.05, 0.1) is 0 Å². The summed E-state index contributed by atoms with van der Waals surface area (Å²) in [5.41, 5.74) is 1.44. The summed E-state index contributed by atoms with van der Waals surface area (Å²) in [5, 5.41) is 7.35. The fraction of sp³-hybridized carbons (Fsp3) is 0.647. The van der Waals surface area contributed by atoms with Gasteiger partial charge in [-0.2, -0.15) is 0 Å². The highest BCUT2D eigenvalue weighted by Gasteiger charge is 2.22. The third-order valence-electron chi connectivity index (χ3n) is 4.60. The quantitative estimate of drug-likeness (QED) is 0.878. The number of benzene rings is 1. The highest BCUT2D eigenvalue weighted by molar-refractivity contribution is 5.14. The molecule has 3 nitrogen and oxygen atoms in total. The average molecular weight is 273 g/mol. The summed E-state index contributed by atoms with van der Waals surface area (Å²) in [7, 11) is 0. The van der Waals surface area contributed by atoms with Gasteiger partial charge in [-0.25, -0.2) is 0 Å². The molecule has 2 aliphatic rings. The summed E-state index contributed by atoms with van der Waals surface area (Å²) in [5.74, 6) is 0. The van der Waals surface area contributed by atoms with Crippen LogP contribution in [0.15, 0.2) is 30.3 Å². The second-order valence-corrected chi connectivity index (χ2v) is 6.25. The molecule has 0 spiro atoms. The lowest BCUT2D eigenvalue weighted by atomic mass is 10.0. The standard InChI is InChI=1S/C17H27N3/c1-2-5-15(6-3-1)14-20-11-8-16(9-12-20)19-17-7-4-10-18-13-17/h1-3,5-6,16-19H,4,7-14H2. The van der Waals surface area contributed by atoms with Gasteiger partial charge in [0.15, 0.2) is 0 Å². The molecule has 2 heterocycles. The maximum Gasteiger partial charge on any atom is 0.0233 e. The Hall–Kier alpha value is -0.900. The Morgan fingerprint density at radius 3 is 2.55 bits per heavy atom. The summed E-state index contributed by atoms with van der Waals surface area (Å²) in [6.07, 6.45) is 5.26. The van der Waals surface area contributed by atoms with Crippen LogP contribution in [0.3, 0.4) is 0 Å². The predicted octanol–water partition coefficient (Wildman–Crippen LogP) is 1.99. The summed E-state index contributed by atoms with van der Waals surface area (Å²) < 4.78 is 0. The van der Waals surface area contributed by atoms with Crippen molar-refractivity contribution in [3.05, 3.63) is 35.9 Å². The molecular formula is C17H27N3. The molecule has 0 aromatic heterocycles. The molecule has 1 unspecified atom stereocenters. The van der Waals surface area contributed by atoms with Crippen LogP contribution < -0.4 is 10.6 Å². The maximum absolute atomic E-state index is 3.85. The molecule has 110 valence electrons. The lowest BCUT2D eigenvalue weighted by Gasteiger charge is -2.35. The van der Waals surface area contributed by atoms with E-state index in [0.717, 1.165) is 19.1 Å². The molecule has 20 heavy (non-hydrogen) atoms. The van der Waals surface area contributed by atoms with Crippen molar-refractivity contribution in [1.82, 2.24) is 15.5 Å². The molecule has 0 radical (unpaired) electrons. The highest BCUT2D eigenvalue weighted by atomic mass is 15.1. The molecule has 1 aromatic carbocycles. The van der Waals surface area contributed by atoms with Gasteiger partial charge in [0.2, 0.25) is 0 Å². The van der Waals surface area contributed by atoms with Crippen molar-refractivity contribution in [1.29, 1.82) is 0 Å². The number of hydrogen-bond donors (Lipinski definition) is 2. The van der Waals surface area contributed by atoms with Crippen LogP contribution >= 0.6 is 0 Å². The van der Waals surface area contributed by atoms with Crippen molar-refractivity contribution in [3.8, 4) is 0 Å². The van der Waals surface area contributed by atoms with Gasteiger partial charge in [-0.1, -0.05) is 30.3 Å². The molecule has 0 amide bonds. The first-order valence-corrected chi connectivity index (χ1v) is 8.13. The van der Waals surface area contributed by atoms with Gasteiger partial charge in [-0.15, -0.1) is 0 Å². The smallest absolute Gasteiger partial charge is 0.0233 e. The van der Waals surface area contributed by atoms with E-state index >= 15 is 0 Å². The topological polar surface area (TPSA) is 27.3 Å². The average Bonchev–Trinajstić information content (AvgIpc) is 2.51. The molecule has 1 atom stereocenters. The molecule has 0 saturated carbocycles. The molecule has 0 bridgehead atoms. The lowest BCUT2D eigenvalue weighted by Crippen LogP contribution is -2.50. The molecular weight excluding hydrogens is 246 g/mol. The molecule has 2 aliphatic heterocycles. The maximum atomic E-state index is 3.85. The van der Waals surface area contributed by atoms with E-state index in [1.807, 2.05) is 0 Å². The SMILES string of the molecule is c1ccc(CN2CCC(NC3CCCNC3)CC2)cc1. The number of piperidine rings is 2. The van der Waals surface area contributed by atoms with Gasteiger partial charge >= 0.3 is 0 Å². The van der Waals surface area contributed by atoms with Gasteiger partial charge in [0.25, 0.3) is 0 Å². The van der Waals surface area contributed by atoms with Crippen LogP contribution in [0, 0.1) is 0 Å². The molecule has 3 rings (SSSR count). The van der Waals surface area contributed by atoms with Crippen molar-refractivity contribution >= 4 is 0 Å². The third kappa shape index (κ3) is 4.05. The molecule has 0 aliphatic carbocycles. The number of nitrogens with one attached hydrogen (secondary N) is 2. The van der Waals surface area contributed by atoms with Crippen LogP contribution in [0.5, 0.6) is 0 Å². The molecule has 3 heteroatoms. The minimum Gasteiger partial charge on any atom is -0.315 e. The zero-order valence-corrected chi connectivity index (χ0v) is 12.4. The normalized spacial score (nSPS) is 25.7. The fourth-order valence-corrected chi connectivity index (χ4v) is 3.43. The summed E-state index contributed by atoms with van der Waals surface area (Å²) in [6.45, 7) is 5.93. The van der Waals surface area contributed by atoms with Crippen LogP contribution in [-0.4, -0.2) is 43.2 Å². The lowest BCUT2D eigenvalue weighted by molar-refractivity contribution is 0.179. The van der Waals surface area contributed by atoms with Crippen LogP contribution in [-0.2, 0) is 6.54 Å². The number of likely N-dealkylation sites (tertiary alicyclic amines) is 1. The van der Waals surface area contributed by atoms with Crippen LogP contribution in [0.4, 0.5) is 0 Å². The van der Waals surface area contributed by atoms with E-state index in [4.69, 9.17) is 0 Å². The van der Waals surface area contributed by atoms with E-state index in [2.05, 4.69) is 45.9 Å². The minimum atomic E-state index is 0.703. The highest BCUT2D eigenvalue weighted by Crippen LogP contribution is 2.15. The second kappa shape index (κ2) is 7.21. The Morgan fingerprint density at radius 1 is 1.05 bits per heavy atom. The number of hydrogen-bond acceptors (Lipinski definition) is 3. The summed E-state index contributed by atoms with van der Waals surface area (Å²) in [6, 6.07) is 12.3. The Morgan fingerprint density at radius 2 is 1.85 bits per heavy atom. The van der Waals surface area contributed by atoms with Crippen molar-refractivity contribution in [2.75, 3.05) is 26.2 Å². The number of rotatable bonds is 4. The van der Waals surface area contributed by atoms with Gasteiger partial charge in [0, 0.05) is 25.2 Å². The van der Waals surface area contributed by atoms with Gasteiger partial charge in [-0.05, 0) is 50.9 Å². The van der Waals surface area contributed by atoms with Gasteiger partial charge < -0.3 is 10.6 Å². The molecule has 2 N–H and O–H groups in total. The van der Waals surface area contributed by atoms with E-state index in [9.17, 15) is 0 Å². The minimum absolute atomic E-state index is 0.703. The van der Waals surface area contributed by atoms with Crippen molar-refractivity contribution in [2.24, 2.45) is 0 Å². The molecule has 2 saturated heterocycles. The molecule has 1 aromatic rings. The van der Waals surface area contributed by atoms with Crippen molar-refractivity contribution < 1.29 is 0 Å². The number of nitrogens with zero attached hydrogens (tertiary/aromatic N) is 1. The Kier molecular flexibility index (Phi) is 5.06. The van der Waals surface area contributed by atoms with E-state index in [1.54, 1.807) is 0 Å². The first kappa shape index (κ1) is 14.1. The predicted molar refractivity (Wildman–Crippen MR) is 83.8 cm³/mol. The third-order valence-corrected chi connectivity index (χ3v) is 4.60. The van der Waals surface area contributed by atoms with Gasteiger partial charge in [0.1, 0.15) is 0 Å². The van der Waals surface area contributed by atoms with E-state index in [-0.39, 0.29) is 0 Å². The van der Waals surface area contributed by atoms with E-state index in [0.29, 0.717) is 6.04 Å². The zero-order valence-electron chi connectivity index (χ0n) is 12.4. The second-order valence-electron chi connectivity index (χ2n) is 6.25. The van der Waals surface area contributed by atoms with Gasteiger partial charge in [-0.3, -0.25) is 4.90 Å². The first-order valence-electron chi connectivity index (χ1n) is 8.13.